The van der Waals surface area contributed by atoms with Gasteiger partial charge in [-0.2, -0.15) is 0 Å². The number of benzene rings is 1. The van der Waals surface area contributed by atoms with Gasteiger partial charge in [-0.05, 0) is 74.3 Å². The topological polar surface area (TPSA) is 65.2 Å². The van der Waals surface area contributed by atoms with Gasteiger partial charge in [-0.1, -0.05) is 101 Å². The van der Waals surface area contributed by atoms with Crippen molar-refractivity contribution in [3.8, 4) is 0 Å². The van der Waals surface area contributed by atoms with Crippen LogP contribution in [0.25, 0.3) is 0 Å². The first-order valence-electron chi connectivity index (χ1n) is 13.5. The highest BCUT2D eigenvalue weighted by molar-refractivity contribution is 6.11. The lowest BCUT2D eigenvalue weighted by atomic mass is 9.73. The Morgan fingerprint density at radius 3 is 1.13 bits per heavy atom. The SMILES string of the molecule is CC(C)(C)C1=CC(=Nc2cccc(N=C3C=C(C(C)(C)C)C=C(C(C)(C)C)[C]3O)c2)[C](O)C(C(C)(C)C)=C1. The Balaban J connectivity index is 2.07. The third-order valence-corrected chi connectivity index (χ3v) is 6.86. The number of aliphatic imine (C=N–C) groups is 2. The van der Waals surface area contributed by atoms with Crippen molar-refractivity contribution in [1.82, 2.24) is 0 Å². The molecule has 2 aliphatic carbocycles. The summed E-state index contributed by atoms with van der Waals surface area (Å²) in [6, 6.07) is 7.61. The van der Waals surface area contributed by atoms with Crippen LogP contribution in [-0.4, -0.2) is 21.6 Å². The zero-order valence-corrected chi connectivity index (χ0v) is 25.4. The number of rotatable bonds is 2. The maximum atomic E-state index is 11.2. The molecule has 2 N–H and O–H groups in total. The second-order valence-corrected chi connectivity index (χ2v) is 14.5. The van der Waals surface area contributed by atoms with E-state index in [-0.39, 0.29) is 33.9 Å². The van der Waals surface area contributed by atoms with Crippen molar-refractivity contribution in [1.29, 1.82) is 0 Å². The highest BCUT2D eigenvalue weighted by Gasteiger charge is 2.35. The summed E-state index contributed by atoms with van der Waals surface area (Å²) in [4.78, 5) is 9.71. The number of aliphatic hydroxyl groups is 2. The summed E-state index contributed by atoms with van der Waals surface area (Å²) in [5.74, 6) is 0. The Kier molecular flexibility index (Phi) is 8.05. The molecule has 1 aromatic rings. The van der Waals surface area contributed by atoms with Gasteiger partial charge >= 0.3 is 0 Å². The van der Waals surface area contributed by atoms with Crippen LogP contribution in [0.2, 0.25) is 0 Å². The highest BCUT2D eigenvalue weighted by atomic mass is 16.3. The standard InChI is InChI=1S/C34H46N2O2/c1-31(2,3)21-16-25(33(7,8)9)29(37)27(18-21)35-23-14-13-15-24(20-23)36-28-19-22(32(4,5)6)17-26(30(28)38)34(10,11)12/h13-20,37-38H,1-12H3. The summed E-state index contributed by atoms with van der Waals surface area (Å²) in [6.07, 6.45) is 8.55. The van der Waals surface area contributed by atoms with Gasteiger partial charge in [0.15, 0.2) is 12.2 Å². The number of nitrogens with zero attached hydrogens (tertiary/aromatic N) is 2. The van der Waals surface area contributed by atoms with Crippen LogP contribution < -0.4 is 0 Å². The summed E-state index contributed by atoms with van der Waals surface area (Å²) in [7, 11) is 0. The fourth-order valence-electron chi connectivity index (χ4n) is 4.33. The van der Waals surface area contributed by atoms with Gasteiger partial charge in [0.2, 0.25) is 0 Å². The molecule has 1 aromatic carbocycles. The summed E-state index contributed by atoms with van der Waals surface area (Å²) >= 11 is 0. The highest BCUT2D eigenvalue weighted by Crippen LogP contribution is 2.42. The van der Waals surface area contributed by atoms with E-state index in [0.29, 0.717) is 22.8 Å². The molecule has 0 aliphatic heterocycles. The molecule has 0 heterocycles. The summed E-state index contributed by atoms with van der Waals surface area (Å²) in [6.45, 7) is 25.6. The molecule has 0 saturated carbocycles. The molecule has 0 fully saturated rings. The van der Waals surface area contributed by atoms with Gasteiger partial charge in [-0.25, -0.2) is 9.98 Å². The first kappa shape index (κ1) is 30.0. The van der Waals surface area contributed by atoms with Crippen LogP contribution in [0.4, 0.5) is 11.4 Å². The Bertz CT molecular complexity index is 1160. The molecule has 2 radical (unpaired) electrons. The van der Waals surface area contributed by atoms with Crippen LogP contribution in [0.1, 0.15) is 83.1 Å². The molecule has 0 unspecified atom stereocenters. The predicted octanol–water partition coefficient (Wildman–Crippen LogP) is 9.56. The quantitative estimate of drug-likeness (QED) is 0.412. The lowest BCUT2D eigenvalue weighted by Gasteiger charge is -2.33. The molecular formula is C34H46N2O2. The molecule has 0 spiro atoms. The summed E-state index contributed by atoms with van der Waals surface area (Å²) in [5.41, 5.74) is 5.85. The normalized spacial score (nSPS) is 20.9. The van der Waals surface area contributed by atoms with E-state index in [1.165, 1.54) is 0 Å². The summed E-state index contributed by atoms with van der Waals surface area (Å²) < 4.78 is 0. The van der Waals surface area contributed by atoms with Gasteiger partial charge in [-0.3, -0.25) is 0 Å². The molecule has 0 amide bonds. The van der Waals surface area contributed by atoms with Crippen molar-refractivity contribution < 1.29 is 10.2 Å². The molecule has 38 heavy (non-hydrogen) atoms. The fourth-order valence-corrected chi connectivity index (χ4v) is 4.33. The van der Waals surface area contributed by atoms with Crippen molar-refractivity contribution in [3.05, 3.63) is 83.1 Å². The van der Waals surface area contributed by atoms with E-state index >= 15 is 0 Å². The Morgan fingerprint density at radius 2 is 0.842 bits per heavy atom. The average Bonchev–Trinajstić information content (AvgIpc) is 2.73. The third kappa shape index (κ3) is 6.90. The van der Waals surface area contributed by atoms with Gasteiger partial charge in [0.05, 0.1) is 22.8 Å². The second-order valence-electron chi connectivity index (χ2n) is 14.5. The smallest absolute Gasteiger partial charge is 0.166 e. The molecule has 4 heteroatoms. The molecule has 0 bridgehead atoms. The number of hydrogen-bond acceptors (Lipinski definition) is 4. The molecule has 0 atom stereocenters. The molecule has 0 aromatic heterocycles. The van der Waals surface area contributed by atoms with E-state index in [1.807, 2.05) is 36.4 Å². The molecule has 204 valence electrons. The maximum absolute atomic E-state index is 11.2. The average molecular weight is 515 g/mol. The van der Waals surface area contributed by atoms with E-state index in [4.69, 9.17) is 9.98 Å². The van der Waals surface area contributed by atoms with E-state index in [1.54, 1.807) is 0 Å². The zero-order valence-electron chi connectivity index (χ0n) is 25.4. The van der Waals surface area contributed by atoms with Crippen molar-refractivity contribution in [3.63, 3.8) is 0 Å². The number of allylic oxidation sites excluding steroid dienone is 4. The predicted molar refractivity (Wildman–Crippen MR) is 161 cm³/mol. The Labute approximate surface area is 230 Å². The first-order valence-corrected chi connectivity index (χ1v) is 13.5. The van der Waals surface area contributed by atoms with E-state index in [9.17, 15) is 10.2 Å². The van der Waals surface area contributed by atoms with Crippen molar-refractivity contribution in [2.75, 3.05) is 0 Å². The van der Waals surface area contributed by atoms with Crippen LogP contribution in [0.3, 0.4) is 0 Å². The minimum absolute atomic E-state index is 0.0878. The van der Waals surface area contributed by atoms with Crippen molar-refractivity contribution >= 4 is 22.8 Å². The van der Waals surface area contributed by atoms with Gasteiger partial charge in [-0.15, -0.1) is 0 Å². The van der Waals surface area contributed by atoms with Crippen molar-refractivity contribution in [2.45, 2.75) is 83.1 Å². The molecule has 3 rings (SSSR count). The van der Waals surface area contributed by atoms with Crippen LogP contribution in [0.15, 0.2) is 80.8 Å². The van der Waals surface area contributed by atoms with Crippen LogP contribution >= 0.6 is 0 Å². The van der Waals surface area contributed by atoms with Crippen LogP contribution in [0, 0.1) is 33.9 Å². The van der Waals surface area contributed by atoms with Crippen LogP contribution in [-0.2, 0) is 0 Å². The minimum Gasteiger partial charge on any atom is -0.375 e. The van der Waals surface area contributed by atoms with E-state index in [0.717, 1.165) is 22.3 Å². The second kappa shape index (κ2) is 10.2. The minimum atomic E-state index is -0.229. The van der Waals surface area contributed by atoms with Gasteiger partial charge < -0.3 is 10.2 Å². The molecule has 0 saturated heterocycles. The number of aliphatic hydroxyl groups excluding tert-OH is 2. The van der Waals surface area contributed by atoms with E-state index < -0.39 is 0 Å². The summed E-state index contributed by atoms with van der Waals surface area (Å²) in [5, 5.41) is 22.4. The molecular weight excluding hydrogens is 468 g/mol. The Hall–Kier alpha value is -2.56. The maximum Gasteiger partial charge on any atom is 0.166 e. The van der Waals surface area contributed by atoms with Gasteiger partial charge in [0.1, 0.15) is 0 Å². The molecule has 2 aliphatic rings. The van der Waals surface area contributed by atoms with Crippen molar-refractivity contribution in [2.24, 2.45) is 31.6 Å². The Morgan fingerprint density at radius 1 is 0.500 bits per heavy atom. The lowest BCUT2D eigenvalue weighted by Crippen LogP contribution is -2.27. The lowest BCUT2D eigenvalue weighted by molar-refractivity contribution is 0.331. The molecule has 4 nitrogen and oxygen atoms in total. The van der Waals surface area contributed by atoms with Gasteiger partial charge in [0, 0.05) is 0 Å². The monoisotopic (exact) mass is 514 g/mol. The van der Waals surface area contributed by atoms with E-state index in [2.05, 4.69) is 95.2 Å². The number of hydrogen-bond donors (Lipinski definition) is 2. The largest absolute Gasteiger partial charge is 0.375 e. The van der Waals surface area contributed by atoms with Gasteiger partial charge in [0.25, 0.3) is 0 Å². The first-order chi connectivity index (χ1) is 17.2. The van der Waals surface area contributed by atoms with Crippen LogP contribution in [0.5, 0.6) is 0 Å². The zero-order chi connectivity index (χ0) is 28.8. The third-order valence-electron chi connectivity index (χ3n) is 6.86. The fraction of sp³-hybridized carbons (Fsp3) is 0.471.